The zero-order valence-electron chi connectivity index (χ0n) is 12.4. The van der Waals surface area contributed by atoms with Crippen LogP contribution in [-0.4, -0.2) is 42.1 Å². The number of carbonyl (C=O) groups is 3. The number of nitrogens with one attached hydrogen (secondary N) is 3. The summed E-state index contributed by atoms with van der Waals surface area (Å²) >= 11 is 0. The molecule has 7 heteroatoms. The van der Waals surface area contributed by atoms with Gasteiger partial charge in [0.1, 0.15) is 6.04 Å². The van der Waals surface area contributed by atoms with Gasteiger partial charge in [-0.05, 0) is 18.8 Å². The maximum absolute atomic E-state index is 11.5. The summed E-state index contributed by atoms with van der Waals surface area (Å²) in [7, 11) is 0. The molecule has 0 heterocycles. The Morgan fingerprint density at radius 2 is 1.75 bits per heavy atom. The van der Waals surface area contributed by atoms with Gasteiger partial charge in [-0.1, -0.05) is 20.8 Å². The maximum Gasteiger partial charge on any atom is 0.326 e. The van der Waals surface area contributed by atoms with Gasteiger partial charge in [0.2, 0.25) is 5.91 Å². The Morgan fingerprint density at radius 3 is 2.25 bits per heavy atom. The molecule has 20 heavy (non-hydrogen) atoms. The third kappa shape index (κ3) is 9.18. The van der Waals surface area contributed by atoms with E-state index >= 15 is 0 Å². The molecule has 0 unspecified atom stereocenters. The van der Waals surface area contributed by atoms with Crippen LogP contribution in [0.3, 0.4) is 0 Å². The zero-order valence-corrected chi connectivity index (χ0v) is 12.4. The van der Waals surface area contributed by atoms with Crippen LogP contribution in [0.15, 0.2) is 0 Å². The predicted molar refractivity (Wildman–Crippen MR) is 75.3 cm³/mol. The molecular weight excluding hydrogens is 262 g/mol. The highest BCUT2D eigenvalue weighted by Crippen LogP contribution is 2.04. The number of urea groups is 1. The van der Waals surface area contributed by atoms with Crippen LogP contribution in [0.25, 0.3) is 0 Å². The first-order valence-electron chi connectivity index (χ1n) is 6.90. The van der Waals surface area contributed by atoms with Crippen molar-refractivity contribution >= 4 is 17.9 Å². The predicted octanol–water partition coefficient (Wildman–Crippen LogP) is 0.701. The van der Waals surface area contributed by atoms with Crippen molar-refractivity contribution in [2.75, 3.05) is 13.1 Å². The van der Waals surface area contributed by atoms with E-state index in [1.165, 1.54) is 0 Å². The standard InChI is InChI=1S/C13H25N3O4/c1-4-6-14-11(17)5-7-15-13(20)16-10(12(18)19)8-9(2)3/h9-10H,4-8H2,1-3H3,(H,14,17)(H,18,19)(H2,15,16,20)/t10-/m1/s1. The number of carboxylic acid groups (broad SMARTS) is 1. The van der Waals surface area contributed by atoms with Crippen LogP contribution < -0.4 is 16.0 Å². The molecule has 0 bridgehead atoms. The first kappa shape index (κ1) is 18.2. The molecule has 0 radical (unpaired) electrons. The summed E-state index contributed by atoms with van der Waals surface area (Å²) in [5, 5.41) is 16.5. The third-order valence-electron chi connectivity index (χ3n) is 2.52. The number of aliphatic carboxylic acids is 1. The fraction of sp³-hybridized carbons (Fsp3) is 0.769. The molecule has 0 saturated carbocycles. The molecule has 3 amide bonds. The summed E-state index contributed by atoms with van der Waals surface area (Å²) in [6.45, 7) is 6.50. The van der Waals surface area contributed by atoms with Crippen molar-refractivity contribution in [2.45, 2.75) is 46.1 Å². The van der Waals surface area contributed by atoms with Gasteiger partial charge >= 0.3 is 12.0 Å². The van der Waals surface area contributed by atoms with Crippen LogP contribution in [0.1, 0.15) is 40.0 Å². The topological polar surface area (TPSA) is 108 Å². The first-order chi connectivity index (χ1) is 9.36. The average molecular weight is 287 g/mol. The van der Waals surface area contributed by atoms with Gasteiger partial charge in [0.15, 0.2) is 0 Å². The molecule has 4 N–H and O–H groups in total. The average Bonchev–Trinajstić information content (AvgIpc) is 2.34. The van der Waals surface area contributed by atoms with Crippen molar-refractivity contribution in [2.24, 2.45) is 5.92 Å². The molecule has 0 aromatic rings. The Labute approximate surface area is 119 Å². The molecule has 0 aliphatic rings. The number of carboxylic acids is 1. The largest absolute Gasteiger partial charge is 0.480 e. The second kappa shape index (κ2) is 10.1. The van der Waals surface area contributed by atoms with Crippen LogP contribution in [0, 0.1) is 5.92 Å². The van der Waals surface area contributed by atoms with Crippen LogP contribution in [0.4, 0.5) is 4.79 Å². The van der Waals surface area contributed by atoms with Crippen molar-refractivity contribution in [3.8, 4) is 0 Å². The lowest BCUT2D eigenvalue weighted by molar-refractivity contribution is -0.139. The molecule has 7 nitrogen and oxygen atoms in total. The van der Waals surface area contributed by atoms with E-state index in [-0.39, 0.29) is 24.8 Å². The van der Waals surface area contributed by atoms with E-state index in [4.69, 9.17) is 5.11 Å². The molecule has 0 rings (SSSR count). The molecule has 0 fully saturated rings. The number of hydrogen-bond donors (Lipinski definition) is 4. The van der Waals surface area contributed by atoms with Gasteiger partial charge in [-0.2, -0.15) is 0 Å². The molecule has 0 saturated heterocycles. The highest BCUT2D eigenvalue weighted by atomic mass is 16.4. The van der Waals surface area contributed by atoms with Crippen molar-refractivity contribution in [1.82, 2.24) is 16.0 Å². The van der Waals surface area contributed by atoms with Gasteiger partial charge in [0.05, 0.1) is 0 Å². The van der Waals surface area contributed by atoms with Crippen LogP contribution in [0.2, 0.25) is 0 Å². The van der Waals surface area contributed by atoms with Crippen molar-refractivity contribution in [3.05, 3.63) is 0 Å². The lowest BCUT2D eigenvalue weighted by Gasteiger charge is -2.16. The summed E-state index contributed by atoms with van der Waals surface area (Å²) in [5.41, 5.74) is 0. The van der Waals surface area contributed by atoms with E-state index in [1.54, 1.807) is 0 Å². The Kier molecular flexibility index (Phi) is 9.15. The molecule has 0 aromatic carbocycles. The van der Waals surface area contributed by atoms with Gasteiger partial charge in [-0.3, -0.25) is 4.79 Å². The quantitative estimate of drug-likeness (QED) is 0.500. The molecule has 1 atom stereocenters. The Hall–Kier alpha value is -1.79. The van der Waals surface area contributed by atoms with Crippen molar-refractivity contribution in [3.63, 3.8) is 0 Å². The minimum Gasteiger partial charge on any atom is -0.480 e. The van der Waals surface area contributed by atoms with Gasteiger partial charge < -0.3 is 21.1 Å². The summed E-state index contributed by atoms with van der Waals surface area (Å²) in [6, 6.07) is -1.48. The fourth-order valence-electron chi connectivity index (χ4n) is 1.54. The van der Waals surface area contributed by atoms with Crippen molar-refractivity contribution in [1.29, 1.82) is 0 Å². The summed E-state index contributed by atoms with van der Waals surface area (Å²) in [6.07, 6.45) is 1.39. The van der Waals surface area contributed by atoms with Gasteiger partial charge in [-0.25, -0.2) is 9.59 Å². The third-order valence-corrected chi connectivity index (χ3v) is 2.52. The Balaban J connectivity index is 3.96. The smallest absolute Gasteiger partial charge is 0.326 e. The zero-order chi connectivity index (χ0) is 15.5. The minimum absolute atomic E-state index is 0.135. The maximum atomic E-state index is 11.5. The number of carbonyl (C=O) groups excluding carboxylic acids is 2. The van der Waals surface area contributed by atoms with E-state index in [0.717, 1.165) is 6.42 Å². The van der Waals surface area contributed by atoms with E-state index < -0.39 is 18.0 Å². The van der Waals surface area contributed by atoms with Gasteiger partial charge in [-0.15, -0.1) is 0 Å². The second-order valence-electron chi connectivity index (χ2n) is 5.02. The van der Waals surface area contributed by atoms with E-state index in [1.807, 2.05) is 20.8 Å². The number of hydrogen-bond acceptors (Lipinski definition) is 3. The second-order valence-corrected chi connectivity index (χ2v) is 5.02. The summed E-state index contributed by atoms with van der Waals surface area (Å²) < 4.78 is 0. The van der Waals surface area contributed by atoms with E-state index in [0.29, 0.717) is 13.0 Å². The highest BCUT2D eigenvalue weighted by Gasteiger charge is 2.20. The summed E-state index contributed by atoms with van der Waals surface area (Å²) in [4.78, 5) is 33.8. The highest BCUT2D eigenvalue weighted by molar-refractivity contribution is 5.83. The Bertz CT molecular complexity index is 332. The van der Waals surface area contributed by atoms with E-state index in [9.17, 15) is 14.4 Å². The first-order valence-corrected chi connectivity index (χ1v) is 6.90. The van der Waals surface area contributed by atoms with Crippen LogP contribution >= 0.6 is 0 Å². The van der Waals surface area contributed by atoms with E-state index in [2.05, 4.69) is 16.0 Å². The minimum atomic E-state index is -1.06. The molecule has 0 aliphatic heterocycles. The summed E-state index contributed by atoms with van der Waals surface area (Å²) in [5.74, 6) is -1.03. The Morgan fingerprint density at radius 1 is 1.10 bits per heavy atom. The fourth-order valence-corrected chi connectivity index (χ4v) is 1.54. The lowest BCUT2D eigenvalue weighted by atomic mass is 10.0. The number of amides is 3. The monoisotopic (exact) mass is 287 g/mol. The number of rotatable bonds is 9. The van der Waals surface area contributed by atoms with Gasteiger partial charge in [0, 0.05) is 19.5 Å². The molecular formula is C13H25N3O4. The van der Waals surface area contributed by atoms with Crippen LogP contribution in [-0.2, 0) is 9.59 Å². The molecule has 116 valence electrons. The molecule has 0 aromatic heterocycles. The normalized spacial score (nSPS) is 11.8. The van der Waals surface area contributed by atoms with Crippen LogP contribution in [0.5, 0.6) is 0 Å². The molecule has 0 spiro atoms. The SMILES string of the molecule is CCCNC(=O)CCNC(=O)N[C@H](CC(C)C)C(=O)O. The van der Waals surface area contributed by atoms with Gasteiger partial charge in [0.25, 0.3) is 0 Å². The van der Waals surface area contributed by atoms with Crippen molar-refractivity contribution < 1.29 is 19.5 Å². The molecule has 0 aliphatic carbocycles. The lowest BCUT2D eigenvalue weighted by Crippen LogP contribution is -2.47.